The molecule has 0 aliphatic rings. The molecule has 2 N–H and O–H groups in total. The Morgan fingerprint density at radius 1 is 1.40 bits per heavy atom. The molecule has 4 nitrogen and oxygen atoms in total. The molecule has 1 atom stereocenters. The summed E-state index contributed by atoms with van der Waals surface area (Å²) in [4.78, 5) is 10.8. The van der Waals surface area contributed by atoms with Crippen LogP contribution in [0, 0.1) is 0 Å². The van der Waals surface area contributed by atoms with Gasteiger partial charge in [-0.15, -0.1) is 0 Å². The molecule has 1 aromatic carbocycles. The van der Waals surface area contributed by atoms with Gasteiger partial charge in [0, 0.05) is 11.9 Å². The minimum atomic E-state index is -4.55. The van der Waals surface area contributed by atoms with Crippen molar-refractivity contribution in [3.8, 4) is 0 Å². The Balaban J connectivity index is 2.80. The van der Waals surface area contributed by atoms with Crippen LogP contribution in [0.25, 0.3) is 10.9 Å². The van der Waals surface area contributed by atoms with Crippen LogP contribution in [-0.4, -0.2) is 20.7 Å². The number of para-hydroxylation sites is 1. The average molecular weight is 287 g/mol. The van der Waals surface area contributed by atoms with E-state index in [1.165, 1.54) is 22.8 Å². The van der Waals surface area contributed by atoms with Gasteiger partial charge in [0.05, 0.1) is 16.8 Å². The fourth-order valence-corrected chi connectivity index (χ4v) is 2.27. The van der Waals surface area contributed by atoms with E-state index in [1.54, 1.807) is 6.92 Å². The number of aliphatic hydroxyl groups is 1. The van der Waals surface area contributed by atoms with Gasteiger partial charge in [-0.2, -0.15) is 13.2 Å². The lowest BCUT2D eigenvalue weighted by Gasteiger charge is -2.14. The number of fused-ring (bicyclic) bond motifs is 1. The summed E-state index contributed by atoms with van der Waals surface area (Å²) in [5.74, 6) is -1.50. The molecule has 0 radical (unpaired) electrons. The maximum atomic E-state index is 13.0. The Bertz CT molecular complexity index is 661. The van der Waals surface area contributed by atoms with Crippen LogP contribution in [0.1, 0.15) is 24.3 Å². The summed E-state index contributed by atoms with van der Waals surface area (Å²) < 4.78 is 40.2. The zero-order valence-corrected chi connectivity index (χ0v) is 10.5. The van der Waals surface area contributed by atoms with Crippen molar-refractivity contribution in [2.45, 2.75) is 25.7 Å². The number of halogens is 3. The number of carboxylic acids is 1. The van der Waals surface area contributed by atoms with E-state index in [0.717, 1.165) is 6.07 Å². The first-order valence-corrected chi connectivity index (χ1v) is 5.87. The number of aromatic nitrogens is 1. The lowest BCUT2D eigenvalue weighted by molar-refractivity contribution is -0.147. The van der Waals surface area contributed by atoms with Crippen LogP contribution in [0.3, 0.4) is 0 Å². The molecule has 0 fully saturated rings. The van der Waals surface area contributed by atoms with Gasteiger partial charge in [-0.3, -0.25) is 0 Å². The van der Waals surface area contributed by atoms with E-state index in [9.17, 15) is 23.1 Å². The summed E-state index contributed by atoms with van der Waals surface area (Å²) in [6.45, 7) is 1.71. The number of aliphatic carboxylic acids is 1. The number of rotatable bonds is 3. The van der Waals surface area contributed by atoms with Crippen LogP contribution in [0.15, 0.2) is 24.3 Å². The molecular weight excluding hydrogens is 275 g/mol. The third kappa shape index (κ3) is 2.24. The van der Waals surface area contributed by atoms with Crippen molar-refractivity contribution in [3.05, 3.63) is 35.5 Å². The highest BCUT2D eigenvalue weighted by molar-refractivity contribution is 5.87. The molecule has 0 spiro atoms. The molecule has 0 saturated heterocycles. The lowest BCUT2D eigenvalue weighted by Crippen LogP contribution is -2.16. The monoisotopic (exact) mass is 287 g/mol. The van der Waals surface area contributed by atoms with Crippen molar-refractivity contribution in [3.63, 3.8) is 0 Å². The average Bonchev–Trinajstić information content (AvgIpc) is 2.74. The topological polar surface area (TPSA) is 62.5 Å². The van der Waals surface area contributed by atoms with E-state index >= 15 is 0 Å². The van der Waals surface area contributed by atoms with Crippen molar-refractivity contribution in [1.29, 1.82) is 0 Å². The van der Waals surface area contributed by atoms with Gasteiger partial charge in [-0.25, -0.2) is 4.79 Å². The highest BCUT2D eigenvalue weighted by atomic mass is 19.4. The minimum Gasteiger partial charge on any atom is -0.479 e. The van der Waals surface area contributed by atoms with Crippen molar-refractivity contribution < 1.29 is 28.2 Å². The second kappa shape index (κ2) is 4.82. The second-order valence-electron chi connectivity index (χ2n) is 4.30. The molecule has 2 aromatic rings. The zero-order chi connectivity index (χ0) is 15.1. The smallest absolute Gasteiger partial charge is 0.418 e. The predicted molar refractivity (Wildman–Crippen MR) is 65.2 cm³/mol. The molecule has 0 aliphatic heterocycles. The van der Waals surface area contributed by atoms with Crippen molar-refractivity contribution in [1.82, 2.24) is 4.57 Å². The van der Waals surface area contributed by atoms with Crippen LogP contribution in [0.4, 0.5) is 13.2 Å². The number of benzene rings is 1. The van der Waals surface area contributed by atoms with E-state index in [2.05, 4.69) is 0 Å². The largest absolute Gasteiger partial charge is 0.479 e. The van der Waals surface area contributed by atoms with E-state index in [-0.39, 0.29) is 23.1 Å². The number of carboxylic acid groups (broad SMARTS) is 1. The number of hydrogen-bond donors (Lipinski definition) is 2. The van der Waals surface area contributed by atoms with Crippen LogP contribution >= 0.6 is 0 Å². The first kappa shape index (κ1) is 14.4. The molecule has 0 amide bonds. The van der Waals surface area contributed by atoms with Gasteiger partial charge in [-0.1, -0.05) is 12.1 Å². The van der Waals surface area contributed by atoms with Gasteiger partial charge < -0.3 is 14.8 Å². The predicted octanol–water partition coefficient (Wildman–Crippen LogP) is 2.80. The van der Waals surface area contributed by atoms with Crippen molar-refractivity contribution in [2.75, 3.05) is 0 Å². The number of carbonyl (C=O) groups is 1. The summed E-state index contributed by atoms with van der Waals surface area (Å²) in [6.07, 6.45) is -6.40. The van der Waals surface area contributed by atoms with Gasteiger partial charge >= 0.3 is 12.1 Å². The van der Waals surface area contributed by atoms with Crippen LogP contribution in [0.5, 0.6) is 0 Å². The minimum absolute atomic E-state index is 0.0632. The van der Waals surface area contributed by atoms with Crippen LogP contribution < -0.4 is 0 Å². The molecule has 1 unspecified atom stereocenters. The van der Waals surface area contributed by atoms with Crippen molar-refractivity contribution in [2.24, 2.45) is 0 Å². The maximum Gasteiger partial charge on any atom is 0.418 e. The SMILES string of the molecule is CCn1c(C(O)C(=O)O)cc2cccc(C(F)(F)F)c21. The third-order valence-corrected chi connectivity index (χ3v) is 3.09. The molecule has 0 bridgehead atoms. The number of alkyl halides is 3. The first-order chi connectivity index (χ1) is 9.27. The molecule has 1 heterocycles. The molecule has 0 aliphatic carbocycles. The standard InChI is InChI=1S/C13H12F3NO3/c1-2-17-9(11(18)12(19)20)6-7-4-3-5-8(10(7)17)13(14,15)16/h3-6,11,18H,2H2,1H3,(H,19,20). The lowest BCUT2D eigenvalue weighted by atomic mass is 10.1. The summed E-state index contributed by atoms with van der Waals surface area (Å²) >= 11 is 0. The van der Waals surface area contributed by atoms with Crippen LogP contribution in [-0.2, 0) is 17.5 Å². The summed E-state index contributed by atoms with van der Waals surface area (Å²) in [7, 11) is 0. The normalized spacial score (nSPS) is 13.7. The number of hydrogen-bond acceptors (Lipinski definition) is 2. The summed E-state index contributed by atoms with van der Waals surface area (Å²) in [5, 5.41) is 18.7. The summed E-state index contributed by atoms with van der Waals surface area (Å²) in [6, 6.07) is 4.91. The first-order valence-electron chi connectivity index (χ1n) is 5.87. The van der Waals surface area contributed by atoms with Gasteiger partial charge in [0.2, 0.25) is 0 Å². The van der Waals surface area contributed by atoms with E-state index in [0.29, 0.717) is 0 Å². The van der Waals surface area contributed by atoms with E-state index in [4.69, 9.17) is 5.11 Å². The molecule has 2 rings (SSSR count). The van der Waals surface area contributed by atoms with Crippen LogP contribution in [0.2, 0.25) is 0 Å². The number of aryl methyl sites for hydroxylation is 1. The molecule has 20 heavy (non-hydrogen) atoms. The van der Waals surface area contributed by atoms with Gasteiger partial charge in [-0.05, 0) is 19.1 Å². The highest BCUT2D eigenvalue weighted by Gasteiger charge is 2.35. The summed E-state index contributed by atoms with van der Waals surface area (Å²) in [5.41, 5.74) is -1.02. The third-order valence-electron chi connectivity index (χ3n) is 3.09. The Morgan fingerprint density at radius 3 is 2.55 bits per heavy atom. The van der Waals surface area contributed by atoms with Crippen molar-refractivity contribution >= 4 is 16.9 Å². The number of aliphatic hydroxyl groups excluding tert-OH is 1. The molecular formula is C13H12F3NO3. The Labute approximate surface area is 112 Å². The second-order valence-corrected chi connectivity index (χ2v) is 4.30. The van der Waals surface area contributed by atoms with E-state index < -0.39 is 23.8 Å². The quantitative estimate of drug-likeness (QED) is 0.912. The van der Waals surface area contributed by atoms with Gasteiger partial charge in [0.25, 0.3) is 0 Å². The van der Waals surface area contributed by atoms with Gasteiger partial charge in [0.1, 0.15) is 0 Å². The zero-order valence-electron chi connectivity index (χ0n) is 10.5. The fraction of sp³-hybridized carbons (Fsp3) is 0.308. The Kier molecular flexibility index (Phi) is 3.47. The van der Waals surface area contributed by atoms with Gasteiger partial charge in [0.15, 0.2) is 6.10 Å². The molecule has 0 saturated carbocycles. The maximum absolute atomic E-state index is 13.0. The molecule has 7 heteroatoms. The molecule has 108 valence electrons. The fourth-order valence-electron chi connectivity index (χ4n) is 2.27. The number of nitrogens with zero attached hydrogens (tertiary/aromatic N) is 1. The Hall–Kier alpha value is -2.02. The highest BCUT2D eigenvalue weighted by Crippen LogP contribution is 2.37. The molecule has 1 aromatic heterocycles. The van der Waals surface area contributed by atoms with E-state index in [1.807, 2.05) is 0 Å². The Morgan fingerprint density at radius 2 is 2.05 bits per heavy atom.